The standard InChI is InChI=1S/C23H33N3O2/c1-19-6-7-22(26-11-4-10-24-26)20(15-19)17-25-12-8-23(18-27,9-13-25)16-21-5-2-3-14-28-21/h4,6-7,10-11,15,21,27H,2-3,5,8-9,12-14,16-18H2,1H3. The summed E-state index contributed by atoms with van der Waals surface area (Å²) < 4.78 is 7.92. The maximum Gasteiger partial charge on any atom is 0.0690 e. The molecule has 0 amide bonds. The predicted octanol–water partition coefficient (Wildman–Crippen LogP) is 3.71. The Hall–Kier alpha value is -1.69. The van der Waals surface area contributed by atoms with Gasteiger partial charge in [0.25, 0.3) is 0 Å². The molecular weight excluding hydrogens is 350 g/mol. The first-order valence-corrected chi connectivity index (χ1v) is 10.7. The molecule has 0 bridgehead atoms. The van der Waals surface area contributed by atoms with Gasteiger partial charge in [0.2, 0.25) is 0 Å². The number of benzene rings is 1. The first-order valence-electron chi connectivity index (χ1n) is 10.7. The molecule has 0 radical (unpaired) electrons. The van der Waals surface area contributed by atoms with Gasteiger partial charge in [0.15, 0.2) is 0 Å². The summed E-state index contributed by atoms with van der Waals surface area (Å²) in [5.74, 6) is 0. The van der Waals surface area contributed by atoms with Crippen LogP contribution in [0.4, 0.5) is 0 Å². The molecule has 1 aromatic heterocycles. The maximum absolute atomic E-state index is 10.2. The minimum Gasteiger partial charge on any atom is -0.396 e. The van der Waals surface area contributed by atoms with Crippen molar-refractivity contribution in [3.8, 4) is 5.69 Å². The van der Waals surface area contributed by atoms with Gasteiger partial charge in [-0.2, -0.15) is 5.10 Å². The minimum absolute atomic E-state index is 0.0376. The molecule has 2 fully saturated rings. The summed E-state index contributed by atoms with van der Waals surface area (Å²) in [5, 5.41) is 14.6. The van der Waals surface area contributed by atoms with Gasteiger partial charge < -0.3 is 9.84 Å². The Bertz CT molecular complexity index is 745. The highest BCUT2D eigenvalue weighted by molar-refractivity contribution is 5.42. The Morgan fingerprint density at radius 3 is 2.79 bits per heavy atom. The van der Waals surface area contributed by atoms with Crippen LogP contribution in [0.25, 0.3) is 5.69 Å². The minimum atomic E-state index is 0.0376. The van der Waals surface area contributed by atoms with E-state index in [4.69, 9.17) is 4.74 Å². The number of aliphatic hydroxyl groups is 1. The zero-order chi connectivity index (χ0) is 19.4. The van der Waals surface area contributed by atoms with E-state index in [1.165, 1.54) is 24.0 Å². The van der Waals surface area contributed by atoms with Gasteiger partial charge >= 0.3 is 0 Å². The number of nitrogens with zero attached hydrogens (tertiary/aromatic N) is 3. The molecule has 1 atom stereocenters. The molecule has 28 heavy (non-hydrogen) atoms. The van der Waals surface area contributed by atoms with Crippen LogP contribution >= 0.6 is 0 Å². The smallest absolute Gasteiger partial charge is 0.0690 e. The van der Waals surface area contributed by atoms with Crippen LogP contribution < -0.4 is 0 Å². The second kappa shape index (κ2) is 8.76. The van der Waals surface area contributed by atoms with Crippen molar-refractivity contribution in [2.24, 2.45) is 5.41 Å². The van der Waals surface area contributed by atoms with E-state index in [0.29, 0.717) is 6.10 Å². The Balaban J connectivity index is 1.41. The third-order valence-corrected chi connectivity index (χ3v) is 6.57. The van der Waals surface area contributed by atoms with Gasteiger partial charge in [-0.3, -0.25) is 4.90 Å². The lowest BCUT2D eigenvalue weighted by atomic mass is 9.74. The molecule has 2 aliphatic heterocycles. The van der Waals surface area contributed by atoms with Crippen molar-refractivity contribution >= 4 is 0 Å². The second-order valence-electron chi connectivity index (χ2n) is 8.71. The summed E-state index contributed by atoms with van der Waals surface area (Å²) in [6.45, 7) is 6.30. The SMILES string of the molecule is Cc1ccc(-n2cccn2)c(CN2CCC(CO)(CC3CCCCO3)CC2)c1. The summed E-state index contributed by atoms with van der Waals surface area (Å²) >= 11 is 0. The van der Waals surface area contributed by atoms with Gasteiger partial charge in [-0.05, 0) is 81.6 Å². The first-order chi connectivity index (χ1) is 13.7. The summed E-state index contributed by atoms with van der Waals surface area (Å²) in [5.41, 5.74) is 3.79. The highest BCUT2D eigenvalue weighted by Crippen LogP contribution is 2.38. The molecule has 2 aromatic rings. The van der Waals surface area contributed by atoms with Gasteiger partial charge in [0, 0.05) is 32.2 Å². The number of piperidine rings is 1. The molecule has 1 unspecified atom stereocenters. The van der Waals surface area contributed by atoms with Crippen LogP contribution in [0.2, 0.25) is 0 Å². The Morgan fingerprint density at radius 2 is 2.11 bits per heavy atom. The lowest BCUT2D eigenvalue weighted by Crippen LogP contribution is -2.44. The summed E-state index contributed by atoms with van der Waals surface area (Å²) in [7, 11) is 0. The molecule has 5 nitrogen and oxygen atoms in total. The van der Waals surface area contributed by atoms with E-state index in [1.54, 1.807) is 0 Å². The molecule has 152 valence electrons. The van der Waals surface area contributed by atoms with Gasteiger partial charge in [0.1, 0.15) is 0 Å². The molecular formula is C23H33N3O2. The molecule has 0 saturated carbocycles. The van der Waals surface area contributed by atoms with E-state index < -0.39 is 0 Å². The number of aliphatic hydroxyl groups excluding tert-OH is 1. The number of aromatic nitrogens is 2. The van der Waals surface area contributed by atoms with E-state index >= 15 is 0 Å². The molecule has 2 saturated heterocycles. The van der Waals surface area contributed by atoms with Gasteiger partial charge in [-0.1, -0.05) is 17.7 Å². The van der Waals surface area contributed by atoms with Crippen LogP contribution in [-0.2, 0) is 11.3 Å². The topological polar surface area (TPSA) is 50.5 Å². The molecule has 4 rings (SSSR count). The summed E-state index contributed by atoms with van der Waals surface area (Å²) in [6.07, 6.45) is 10.9. The predicted molar refractivity (Wildman–Crippen MR) is 111 cm³/mol. The average molecular weight is 384 g/mol. The largest absolute Gasteiger partial charge is 0.396 e. The Kier molecular flexibility index (Phi) is 6.14. The maximum atomic E-state index is 10.2. The molecule has 1 aromatic carbocycles. The first kappa shape index (κ1) is 19.6. The lowest BCUT2D eigenvalue weighted by molar-refractivity contribution is -0.0486. The number of aryl methyl sites for hydroxylation is 1. The Labute approximate surface area is 168 Å². The van der Waals surface area contributed by atoms with Crippen molar-refractivity contribution in [3.05, 3.63) is 47.8 Å². The van der Waals surface area contributed by atoms with Crippen LogP contribution in [-0.4, -0.2) is 52.2 Å². The van der Waals surface area contributed by atoms with E-state index in [9.17, 15) is 5.11 Å². The van der Waals surface area contributed by atoms with Crippen molar-refractivity contribution in [2.75, 3.05) is 26.3 Å². The quantitative estimate of drug-likeness (QED) is 0.826. The van der Waals surface area contributed by atoms with Crippen molar-refractivity contribution < 1.29 is 9.84 Å². The second-order valence-corrected chi connectivity index (χ2v) is 8.71. The lowest BCUT2D eigenvalue weighted by Gasteiger charge is -2.43. The highest BCUT2D eigenvalue weighted by Gasteiger charge is 2.37. The normalized spacial score (nSPS) is 23.0. The monoisotopic (exact) mass is 383 g/mol. The fraction of sp³-hybridized carbons (Fsp3) is 0.609. The van der Waals surface area contributed by atoms with E-state index in [2.05, 4.69) is 35.1 Å². The number of hydrogen-bond acceptors (Lipinski definition) is 4. The van der Waals surface area contributed by atoms with Crippen LogP contribution in [0.3, 0.4) is 0 Å². The molecule has 1 N–H and O–H groups in total. The number of hydrogen-bond donors (Lipinski definition) is 1. The van der Waals surface area contributed by atoms with Crippen LogP contribution in [0.5, 0.6) is 0 Å². The third-order valence-electron chi connectivity index (χ3n) is 6.57. The van der Waals surface area contributed by atoms with Crippen LogP contribution in [0.15, 0.2) is 36.7 Å². The van der Waals surface area contributed by atoms with Gasteiger partial charge in [-0.15, -0.1) is 0 Å². The zero-order valence-corrected chi connectivity index (χ0v) is 17.0. The van der Waals surface area contributed by atoms with Gasteiger partial charge in [-0.25, -0.2) is 4.68 Å². The number of likely N-dealkylation sites (tertiary alicyclic amines) is 1. The number of ether oxygens (including phenoxy) is 1. The van der Waals surface area contributed by atoms with Crippen molar-refractivity contribution in [3.63, 3.8) is 0 Å². The zero-order valence-electron chi connectivity index (χ0n) is 17.0. The molecule has 0 spiro atoms. The van der Waals surface area contributed by atoms with Crippen molar-refractivity contribution in [2.45, 2.75) is 58.1 Å². The van der Waals surface area contributed by atoms with Crippen LogP contribution in [0, 0.1) is 12.3 Å². The van der Waals surface area contributed by atoms with E-state index in [1.807, 2.05) is 23.1 Å². The molecule has 2 aliphatic rings. The van der Waals surface area contributed by atoms with E-state index in [0.717, 1.165) is 57.6 Å². The fourth-order valence-corrected chi connectivity index (χ4v) is 4.78. The van der Waals surface area contributed by atoms with Crippen molar-refractivity contribution in [1.29, 1.82) is 0 Å². The molecule has 0 aliphatic carbocycles. The van der Waals surface area contributed by atoms with Crippen molar-refractivity contribution in [1.82, 2.24) is 14.7 Å². The van der Waals surface area contributed by atoms with Gasteiger partial charge in [0.05, 0.1) is 11.8 Å². The third kappa shape index (κ3) is 4.48. The molecule has 3 heterocycles. The molecule has 5 heteroatoms. The fourth-order valence-electron chi connectivity index (χ4n) is 4.78. The average Bonchev–Trinajstić information content (AvgIpc) is 3.25. The highest BCUT2D eigenvalue weighted by atomic mass is 16.5. The summed E-state index contributed by atoms with van der Waals surface area (Å²) in [4.78, 5) is 2.53. The number of rotatable bonds is 6. The van der Waals surface area contributed by atoms with Crippen LogP contribution in [0.1, 0.15) is 49.7 Å². The van der Waals surface area contributed by atoms with E-state index in [-0.39, 0.29) is 12.0 Å². The Morgan fingerprint density at radius 1 is 1.25 bits per heavy atom. The summed E-state index contributed by atoms with van der Waals surface area (Å²) in [6, 6.07) is 8.56.